The number of nitrogens with two attached hydrogens (primary N) is 1. The zero-order valence-corrected chi connectivity index (χ0v) is 7.21. The molecule has 1 rings (SSSR count). The van der Waals surface area contributed by atoms with Crippen LogP contribution in [0.25, 0.3) is 0 Å². The Balaban J connectivity index is 2.18. The molecular formula is C8H16N2O. The van der Waals surface area contributed by atoms with Crippen LogP contribution in [0.3, 0.4) is 0 Å². The van der Waals surface area contributed by atoms with Crippen LogP contribution in [0.1, 0.15) is 26.7 Å². The van der Waals surface area contributed by atoms with Crippen LogP contribution in [0.5, 0.6) is 0 Å². The summed E-state index contributed by atoms with van der Waals surface area (Å²) in [7, 11) is 0. The summed E-state index contributed by atoms with van der Waals surface area (Å²) >= 11 is 0. The third kappa shape index (κ3) is 2.78. The van der Waals surface area contributed by atoms with Gasteiger partial charge < -0.3 is 10.5 Å². The predicted molar refractivity (Wildman–Crippen MR) is 45.4 cm³/mol. The highest BCUT2D eigenvalue weighted by atomic mass is 16.5. The topological polar surface area (TPSA) is 47.6 Å². The minimum atomic E-state index is 0.317. The molecule has 1 atom stereocenters. The summed E-state index contributed by atoms with van der Waals surface area (Å²) in [6.07, 6.45) is 2.29. The van der Waals surface area contributed by atoms with Crippen LogP contribution in [0.15, 0.2) is 4.99 Å². The average Bonchev–Trinajstić information content (AvgIpc) is 2.31. The van der Waals surface area contributed by atoms with Gasteiger partial charge in [-0.3, -0.25) is 0 Å². The molecule has 0 bridgehead atoms. The first-order valence-corrected chi connectivity index (χ1v) is 4.14. The standard InChI is InChI=1S/C8H16N2O/c1-6(2)3-4-7-5-11-8(9)10-7/h6-7H,3-5H2,1-2H3,(H2,9,10)/t7-/m0/s1. The fourth-order valence-electron chi connectivity index (χ4n) is 1.11. The largest absolute Gasteiger partial charge is 0.463 e. The highest BCUT2D eigenvalue weighted by Crippen LogP contribution is 2.12. The number of ether oxygens (including phenoxy) is 1. The second-order valence-corrected chi connectivity index (χ2v) is 3.40. The van der Waals surface area contributed by atoms with Gasteiger partial charge in [0.25, 0.3) is 6.02 Å². The minimum absolute atomic E-state index is 0.317. The maximum absolute atomic E-state index is 5.36. The number of hydrogen-bond donors (Lipinski definition) is 1. The van der Waals surface area contributed by atoms with Gasteiger partial charge in [0.15, 0.2) is 0 Å². The molecule has 1 heterocycles. The van der Waals surface area contributed by atoms with Gasteiger partial charge in [-0.15, -0.1) is 0 Å². The second kappa shape index (κ2) is 3.60. The molecule has 0 fully saturated rings. The van der Waals surface area contributed by atoms with Crippen molar-refractivity contribution in [2.45, 2.75) is 32.7 Å². The summed E-state index contributed by atoms with van der Waals surface area (Å²) < 4.78 is 5.03. The van der Waals surface area contributed by atoms with Crippen LogP contribution >= 0.6 is 0 Å². The molecule has 11 heavy (non-hydrogen) atoms. The predicted octanol–water partition coefficient (Wildman–Crippen LogP) is 1.14. The third-order valence-corrected chi connectivity index (χ3v) is 1.81. The van der Waals surface area contributed by atoms with E-state index in [0.29, 0.717) is 18.7 Å². The molecule has 0 unspecified atom stereocenters. The molecule has 0 amide bonds. The molecule has 0 radical (unpaired) electrons. The van der Waals surface area contributed by atoms with Gasteiger partial charge in [0, 0.05) is 0 Å². The van der Waals surface area contributed by atoms with E-state index in [1.54, 1.807) is 0 Å². The Kier molecular flexibility index (Phi) is 2.74. The Morgan fingerprint density at radius 1 is 1.73 bits per heavy atom. The summed E-state index contributed by atoms with van der Waals surface area (Å²) in [4.78, 5) is 4.13. The lowest BCUT2D eigenvalue weighted by atomic mass is 10.0. The highest BCUT2D eigenvalue weighted by molar-refractivity contribution is 5.72. The van der Waals surface area contributed by atoms with E-state index in [0.717, 1.165) is 12.3 Å². The number of nitrogens with zero attached hydrogens (tertiary/aromatic N) is 1. The maximum atomic E-state index is 5.36. The third-order valence-electron chi connectivity index (χ3n) is 1.81. The highest BCUT2D eigenvalue weighted by Gasteiger charge is 2.16. The zero-order chi connectivity index (χ0) is 8.27. The Morgan fingerprint density at radius 2 is 2.45 bits per heavy atom. The molecule has 64 valence electrons. The zero-order valence-electron chi connectivity index (χ0n) is 7.21. The molecular weight excluding hydrogens is 140 g/mol. The number of rotatable bonds is 3. The van der Waals surface area contributed by atoms with Gasteiger partial charge in [-0.1, -0.05) is 13.8 Å². The Labute approximate surface area is 67.6 Å². The van der Waals surface area contributed by atoms with Crippen LogP contribution in [-0.2, 0) is 4.74 Å². The quantitative estimate of drug-likeness (QED) is 0.666. The molecule has 0 aromatic carbocycles. The van der Waals surface area contributed by atoms with E-state index in [4.69, 9.17) is 10.5 Å². The summed E-state index contributed by atoms with van der Waals surface area (Å²) in [5.74, 6) is 0.743. The molecule has 2 N–H and O–H groups in total. The van der Waals surface area contributed by atoms with Gasteiger partial charge in [0.1, 0.15) is 6.61 Å². The van der Waals surface area contributed by atoms with Gasteiger partial charge in [-0.2, -0.15) is 0 Å². The van der Waals surface area contributed by atoms with Crippen molar-refractivity contribution in [3.05, 3.63) is 0 Å². The van der Waals surface area contributed by atoms with Crippen molar-refractivity contribution in [3.8, 4) is 0 Å². The molecule has 1 aliphatic rings. The van der Waals surface area contributed by atoms with Crippen molar-refractivity contribution < 1.29 is 4.74 Å². The monoisotopic (exact) mass is 156 g/mol. The van der Waals surface area contributed by atoms with E-state index in [1.165, 1.54) is 6.42 Å². The first-order valence-electron chi connectivity index (χ1n) is 4.14. The maximum Gasteiger partial charge on any atom is 0.282 e. The van der Waals surface area contributed by atoms with E-state index in [-0.39, 0.29) is 0 Å². The van der Waals surface area contributed by atoms with Crippen LogP contribution in [0, 0.1) is 5.92 Å². The van der Waals surface area contributed by atoms with Crippen molar-refractivity contribution in [3.63, 3.8) is 0 Å². The molecule has 0 spiro atoms. The van der Waals surface area contributed by atoms with E-state index in [9.17, 15) is 0 Å². The lowest BCUT2D eigenvalue weighted by Gasteiger charge is -2.06. The first kappa shape index (κ1) is 8.37. The fraction of sp³-hybridized carbons (Fsp3) is 0.875. The van der Waals surface area contributed by atoms with E-state index in [2.05, 4.69) is 18.8 Å². The van der Waals surface area contributed by atoms with Crippen LogP contribution in [0.4, 0.5) is 0 Å². The Bertz CT molecular complexity index is 154. The summed E-state index contributed by atoms with van der Waals surface area (Å²) in [5, 5.41) is 0. The summed E-state index contributed by atoms with van der Waals surface area (Å²) in [5.41, 5.74) is 5.36. The van der Waals surface area contributed by atoms with Crippen molar-refractivity contribution in [2.75, 3.05) is 6.61 Å². The molecule has 3 heteroatoms. The van der Waals surface area contributed by atoms with Gasteiger partial charge >= 0.3 is 0 Å². The molecule has 0 saturated heterocycles. The average molecular weight is 156 g/mol. The van der Waals surface area contributed by atoms with Crippen molar-refractivity contribution in [2.24, 2.45) is 16.6 Å². The number of aliphatic imine (C=N–C) groups is 1. The molecule has 0 aliphatic carbocycles. The van der Waals surface area contributed by atoms with Crippen molar-refractivity contribution in [1.82, 2.24) is 0 Å². The number of amidine groups is 1. The minimum Gasteiger partial charge on any atom is -0.463 e. The molecule has 0 aromatic heterocycles. The fourth-order valence-corrected chi connectivity index (χ4v) is 1.11. The van der Waals surface area contributed by atoms with E-state index < -0.39 is 0 Å². The van der Waals surface area contributed by atoms with Gasteiger partial charge in [0.2, 0.25) is 0 Å². The summed E-state index contributed by atoms with van der Waals surface area (Å²) in [6, 6.07) is 0.677. The lowest BCUT2D eigenvalue weighted by Crippen LogP contribution is -2.10. The van der Waals surface area contributed by atoms with Gasteiger partial charge in [-0.25, -0.2) is 4.99 Å². The SMILES string of the molecule is CC(C)CC[C@H]1COC(N)=N1. The lowest BCUT2D eigenvalue weighted by molar-refractivity contribution is 0.302. The summed E-state index contributed by atoms with van der Waals surface area (Å²) in [6.45, 7) is 5.10. The normalized spacial score (nSPS) is 23.5. The van der Waals surface area contributed by atoms with Crippen molar-refractivity contribution in [1.29, 1.82) is 0 Å². The second-order valence-electron chi connectivity index (χ2n) is 3.40. The molecule has 3 nitrogen and oxygen atoms in total. The molecule has 1 aliphatic heterocycles. The van der Waals surface area contributed by atoms with E-state index >= 15 is 0 Å². The first-order chi connectivity index (χ1) is 5.18. The Morgan fingerprint density at radius 3 is 2.91 bits per heavy atom. The number of hydrogen-bond acceptors (Lipinski definition) is 3. The van der Waals surface area contributed by atoms with Crippen LogP contribution in [-0.4, -0.2) is 18.7 Å². The molecule has 0 saturated carbocycles. The Hall–Kier alpha value is -0.730. The van der Waals surface area contributed by atoms with Gasteiger partial charge in [0.05, 0.1) is 6.04 Å². The molecule has 0 aromatic rings. The van der Waals surface area contributed by atoms with Crippen molar-refractivity contribution >= 4 is 6.02 Å². The smallest absolute Gasteiger partial charge is 0.282 e. The van der Waals surface area contributed by atoms with E-state index in [1.807, 2.05) is 0 Å². The van der Waals surface area contributed by atoms with Crippen LogP contribution in [0.2, 0.25) is 0 Å². The van der Waals surface area contributed by atoms with Gasteiger partial charge in [-0.05, 0) is 18.8 Å². The van der Waals surface area contributed by atoms with Crippen LogP contribution < -0.4 is 5.73 Å².